The molecule has 1 N–H and O–H groups in total. The lowest BCUT2D eigenvalue weighted by molar-refractivity contribution is -0.144. The first-order valence-electron chi connectivity index (χ1n) is 8.44. The Hall–Kier alpha value is -2.19. The molecule has 0 spiro atoms. The third kappa shape index (κ3) is 3.91. The number of nitrogens with zero attached hydrogens (tertiary/aromatic N) is 4. The van der Waals surface area contributed by atoms with Crippen LogP contribution in [0, 0.1) is 5.92 Å². The van der Waals surface area contributed by atoms with Gasteiger partial charge in [0.05, 0.1) is 5.69 Å². The van der Waals surface area contributed by atoms with Crippen LogP contribution < -0.4 is 5.32 Å². The molecular formula is C16H20F3N5O. The van der Waals surface area contributed by atoms with E-state index < -0.39 is 12.0 Å². The summed E-state index contributed by atoms with van der Waals surface area (Å²) in [6, 6.07) is 1.71. The lowest BCUT2D eigenvalue weighted by Crippen LogP contribution is -2.30. The van der Waals surface area contributed by atoms with Crippen LogP contribution in [0.4, 0.5) is 13.2 Å². The van der Waals surface area contributed by atoms with E-state index in [-0.39, 0.29) is 17.6 Å². The van der Waals surface area contributed by atoms with Crippen molar-refractivity contribution in [3.8, 4) is 0 Å². The van der Waals surface area contributed by atoms with Crippen LogP contribution in [0.3, 0.4) is 0 Å². The van der Waals surface area contributed by atoms with E-state index in [1.165, 1.54) is 10.7 Å². The average Bonchev–Trinajstić information content (AvgIpc) is 3.05. The standard InChI is InChI=1S/C16H20F3N5O/c1-2-13(25)21-9-10-3-5-11(6-4-10)12-7-8-20-15-22-14(16(17,18)19)23-24(12)15/h7-8,10-11H,2-6,9H2,1H3,(H,21,25). The Kier molecular flexibility index (Phi) is 4.91. The maximum atomic E-state index is 12.8. The molecule has 0 bridgehead atoms. The van der Waals surface area contributed by atoms with Crippen LogP contribution in [-0.4, -0.2) is 32.0 Å². The predicted molar refractivity (Wildman–Crippen MR) is 83.8 cm³/mol. The number of hydrogen-bond donors (Lipinski definition) is 1. The number of fused-ring (bicyclic) bond motifs is 1. The number of nitrogens with one attached hydrogen (secondary N) is 1. The zero-order chi connectivity index (χ0) is 18.0. The molecule has 2 aromatic rings. The van der Waals surface area contributed by atoms with Gasteiger partial charge in [0.25, 0.3) is 11.6 Å². The quantitative estimate of drug-likeness (QED) is 0.915. The molecule has 3 rings (SSSR count). The molecule has 0 radical (unpaired) electrons. The molecule has 0 unspecified atom stereocenters. The van der Waals surface area contributed by atoms with Gasteiger partial charge >= 0.3 is 6.18 Å². The van der Waals surface area contributed by atoms with Gasteiger partial charge in [0, 0.05) is 25.1 Å². The van der Waals surface area contributed by atoms with Crippen LogP contribution in [0.15, 0.2) is 12.3 Å². The summed E-state index contributed by atoms with van der Waals surface area (Å²) in [7, 11) is 0. The third-order valence-corrected chi connectivity index (χ3v) is 4.70. The van der Waals surface area contributed by atoms with Crippen molar-refractivity contribution in [2.45, 2.75) is 51.1 Å². The maximum Gasteiger partial charge on any atom is 0.453 e. The van der Waals surface area contributed by atoms with E-state index >= 15 is 0 Å². The number of carbonyl (C=O) groups excluding carboxylic acids is 1. The third-order valence-electron chi connectivity index (χ3n) is 4.70. The number of halogens is 3. The Morgan fingerprint density at radius 1 is 1.32 bits per heavy atom. The molecule has 6 nitrogen and oxygen atoms in total. The van der Waals surface area contributed by atoms with Gasteiger partial charge in [0.1, 0.15) is 0 Å². The van der Waals surface area contributed by atoms with E-state index in [0.29, 0.717) is 24.6 Å². The monoisotopic (exact) mass is 355 g/mol. The Morgan fingerprint density at radius 3 is 2.68 bits per heavy atom. The van der Waals surface area contributed by atoms with Crippen molar-refractivity contribution in [2.75, 3.05) is 6.54 Å². The first-order chi connectivity index (χ1) is 11.9. The summed E-state index contributed by atoms with van der Waals surface area (Å²) in [6.45, 7) is 2.47. The van der Waals surface area contributed by atoms with Crippen molar-refractivity contribution < 1.29 is 18.0 Å². The summed E-state index contributed by atoms with van der Waals surface area (Å²) >= 11 is 0. The molecule has 25 heavy (non-hydrogen) atoms. The number of alkyl halides is 3. The lowest BCUT2D eigenvalue weighted by atomic mass is 9.80. The zero-order valence-corrected chi connectivity index (χ0v) is 13.9. The van der Waals surface area contributed by atoms with Crippen LogP contribution >= 0.6 is 0 Å². The highest BCUT2D eigenvalue weighted by molar-refractivity contribution is 5.75. The molecule has 9 heteroatoms. The van der Waals surface area contributed by atoms with Crippen molar-refractivity contribution in [1.29, 1.82) is 0 Å². The van der Waals surface area contributed by atoms with Crippen molar-refractivity contribution >= 4 is 11.7 Å². The van der Waals surface area contributed by atoms with Crippen LogP contribution in [-0.2, 0) is 11.0 Å². The van der Waals surface area contributed by atoms with E-state index in [2.05, 4.69) is 20.4 Å². The van der Waals surface area contributed by atoms with Crippen molar-refractivity contribution in [1.82, 2.24) is 24.9 Å². The van der Waals surface area contributed by atoms with Gasteiger partial charge < -0.3 is 5.32 Å². The molecule has 2 heterocycles. The Morgan fingerprint density at radius 2 is 2.04 bits per heavy atom. The van der Waals surface area contributed by atoms with Crippen LogP contribution in [0.2, 0.25) is 0 Å². The molecule has 0 aliphatic heterocycles. The van der Waals surface area contributed by atoms with Gasteiger partial charge in [-0.05, 0) is 37.7 Å². The van der Waals surface area contributed by atoms with E-state index in [4.69, 9.17) is 0 Å². The molecule has 1 aliphatic rings. The SMILES string of the molecule is CCC(=O)NCC1CCC(c2ccnc3nc(C(F)(F)F)nn23)CC1. The molecule has 0 aromatic carbocycles. The van der Waals surface area contributed by atoms with Gasteiger partial charge in [-0.2, -0.15) is 18.2 Å². The maximum absolute atomic E-state index is 12.8. The fourth-order valence-corrected chi connectivity index (χ4v) is 3.29. The molecule has 2 aromatic heterocycles. The topological polar surface area (TPSA) is 72.2 Å². The van der Waals surface area contributed by atoms with Gasteiger partial charge in [0.2, 0.25) is 5.91 Å². The van der Waals surface area contributed by atoms with E-state index in [1.807, 2.05) is 6.92 Å². The second-order valence-corrected chi connectivity index (χ2v) is 6.39. The highest BCUT2D eigenvalue weighted by Gasteiger charge is 2.37. The summed E-state index contributed by atoms with van der Waals surface area (Å²) in [4.78, 5) is 18.7. The molecule has 1 aliphatic carbocycles. The largest absolute Gasteiger partial charge is 0.453 e. The van der Waals surface area contributed by atoms with Gasteiger partial charge in [-0.3, -0.25) is 4.79 Å². The zero-order valence-electron chi connectivity index (χ0n) is 13.9. The summed E-state index contributed by atoms with van der Waals surface area (Å²) in [6.07, 6.45) is 0.879. The fraction of sp³-hybridized carbons (Fsp3) is 0.625. The first kappa shape index (κ1) is 17.6. The molecular weight excluding hydrogens is 335 g/mol. The van der Waals surface area contributed by atoms with E-state index in [0.717, 1.165) is 25.7 Å². The van der Waals surface area contributed by atoms with E-state index in [1.54, 1.807) is 6.07 Å². The van der Waals surface area contributed by atoms with Crippen LogP contribution in [0.25, 0.3) is 5.78 Å². The lowest BCUT2D eigenvalue weighted by Gasteiger charge is -2.28. The predicted octanol–water partition coefficient (Wildman–Crippen LogP) is 2.94. The Bertz CT molecular complexity index is 750. The number of aromatic nitrogens is 4. The first-order valence-corrected chi connectivity index (χ1v) is 8.44. The number of carbonyl (C=O) groups is 1. The fourth-order valence-electron chi connectivity index (χ4n) is 3.29. The second-order valence-electron chi connectivity index (χ2n) is 6.39. The van der Waals surface area contributed by atoms with Gasteiger partial charge in [-0.25, -0.2) is 9.50 Å². The second kappa shape index (κ2) is 6.97. The minimum atomic E-state index is -4.58. The molecule has 1 amide bonds. The smallest absolute Gasteiger partial charge is 0.356 e. The van der Waals surface area contributed by atoms with Gasteiger partial charge in [0.15, 0.2) is 0 Å². The molecule has 1 saturated carbocycles. The minimum Gasteiger partial charge on any atom is -0.356 e. The summed E-state index contributed by atoms with van der Waals surface area (Å²) in [5.74, 6) is -0.622. The summed E-state index contributed by atoms with van der Waals surface area (Å²) < 4.78 is 39.7. The number of hydrogen-bond acceptors (Lipinski definition) is 4. The summed E-state index contributed by atoms with van der Waals surface area (Å²) in [5, 5.41) is 6.51. The van der Waals surface area contributed by atoms with Crippen molar-refractivity contribution in [3.05, 3.63) is 23.8 Å². The highest BCUT2D eigenvalue weighted by Crippen LogP contribution is 2.36. The molecule has 1 fully saturated rings. The van der Waals surface area contributed by atoms with E-state index in [9.17, 15) is 18.0 Å². The number of rotatable bonds is 4. The van der Waals surface area contributed by atoms with Crippen LogP contribution in [0.5, 0.6) is 0 Å². The number of amides is 1. The Balaban J connectivity index is 1.71. The average molecular weight is 355 g/mol. The normalized spacial score (nSPS) is 21.4. The molecule has 0 saturated heterocycles. The highest BCUT2D eigenvalue weighted by atomic mass is 19.4. The molecule has 0 atom stereocenters. The van der Waals surface area contributed by atoms with Gasteiger partial charge in [-0.15, -0.1) is 5.10 Å². The summed E-state index contributed by atoms with van der Waals surface area (Å²) in [5.41, 5.74) is 0.712. The van der Waals surface area contributed by atoms with Gasteiger partial charge in [-0.1, -0.05) is 6.92 Å². The molecule has 136 valence electrons. The minimum absolute atomic E-state index is 0.0258. The van der Waals surface area contributed by atoms with Crippen LogP contribution in [0.1, 0.15) is 56.5 Å². The Labute approximate surface area is 142 Å². The van der Waals surface area contributed by atoms with Crippen molar-refractivity contribution in [2.24, 2.45) is 5.92 Å². The van der Waals surface area contributed by atoms with Crippen molar-refractivity contribution in [3.63, 3.8) is 0 Å².